The molecule has 1 aromatic rings. The molecule has 4 nitrogen and oxygen atoms in total. The van der Waals surface area contributed by atoms with Gasteiger partial charge in [-0.1, -0.05) is 25.1 Å². The van der Waals surface area contributed by atoms with E-state index in [1.165, 1.54) is 11.3 Å². The van der Waals surface area contributed by atoms with Crippen LogP contribution in [0.2, 0.25) is 0 Å². The van der Waals surface area contributed by atoms with Crippen molar-refractivity contribution in [3.63, 3.8) is 0 Å². The van der Waals surface area contributed by atoms with Crippen molar-refractivity contribution in [2.45, 2.75) is 38.6 Å². The Morgan fingerprint density at radius 1 is 1.45 bits per heavy atom. The van der Waals surface area contributed by atoms with Crippen LogP contribution in [0.1, 0.15) is 32.3 Å². The molecule has 2 rings (SSSR count). The molecule has 2 N–H and O–H groups in total. The molecule has 0 spiro atoms. The van der Waals surface area contributed by atoms with Crippen LogP contribution in [0, 0.1) is 0 Å². The number of aliphatic carboxylic acids is 1. The molecule has 1 unspecified atom stereocenters. The number of carboxylic acid groups (broad SMARTS) is 1. The van der Waals surface area contributed by atoms with Gasteiger partial charge in [-0.05, 0) is 44.4 Å². The zero-order valence-electron chi connectivity index (χ0n) is 12.4. The second kappa shape index (κ2) is 6.27. The highest BCUT2D eigenvalue weighted by Gasteiger charge is 2.35. The Labute approximate surface area is 120 Å². The maximum absolute atomic E-state index is 11.6. The van der Waals surface area contributed by atoms with Crippen molar-refractivity contribution in [1.29, 1.82) is 0 Å². The lowest BCUT2D eigenvalue weighted by Crippen LogP contribution is -2.57. The summed E-state index contributed by atoms with van der Waals surface area (Å²) < 4.78 is 0. The first kappa shape index (κ1) is 14.9. The van der Waals surface area contributed by atoms with Gasteiger partial charge < -0.3 is 15.3 Å². The standard InChI is InChI=1S/C16H24N2O2/c1-3-10-17-16(2,15(19)20)12-18-11-6-8-13-7-4-5-9-14(13)18/h4-5,7,9,17H,3,6,8,10-12H2,1-2H3,(H,19,20). The van der Waals surface area contributed by atoms with Crippen molar-refractivity contribution in [2.75, 3.05) is 24.5 Å². The van der Waals surface area contributed by atoms with Gasteiger partial charge in [0.05, 0.1) is 0 Å². The third-order valence-corrected chi connectivity index (χ3v) is 3.95. The number of rotatable bonds is 6. The Morgan fingerprint density at radius 3 is 2.90 bits per heavy atom. The minimum atomic E-state index is -0.902. The Hall–Kier alpha value is -1.55. The van der Waals surface area contributed by atoms with Gasteiger partial charge in [-0.3, -0.25) is 4.79 Å². The summed E-state index contributed by atoms with van der Waals surface area (Å²) in [6, 6.07) is 8.30. The summed E-state index contributed by atoms with van der Waals surface area (Å²) in [5.41, 5.74) is 1.60. The lowest BCUT2D eigenvalue weighted by molar-refractivity contribution is -0.143. The van der Waals surface area contributed by atoms with Crippen molar-refractivity contribution in [3.8, 4) is 0 Å². The summed E-state index contributed by atoms with van der Waals surface area (Å²) >= 11 is 0. The SMILES string of the molecule is CCCNC(C)(CN1CCCc2ccccc21)C(=O)O. The van der Waals surface area contributed by atoms with E-state index in [-0.39, 0.29) is 0 Å². The second-order valence-corrected chi connectivity index (χ2v) is 5.72. The lowest BCUT2D eigenvalue weighted by Gasteiger charge is -2.37. The average molecular weight is 276 g/mol. The van der Waals surface area contributed by atoms with Gasteiger partial charge in [-0.15, -0.1) is 0 Å². The lowest BCUT2D eigenvalue weighted by atomic mass is 9.96. The molecule has 0 aromatic heterocycles. The maximum atomic E-state index is 11.6. The predicted octanol–water partition coefficient (Wildman–Crippen LogP) is 2.28. The Bertz CT molecular complexity index is 475. The van der Waals surface area contributed by atoms with E-state index in [1.807, 2.05) is 19.1 Å². The van der Waals surface area contributed by atoms with Gasteiger partial charge in [-0.25, -0.2) is 0 Å². The fourth-order valence-corrected chi connectivity index (χ4v) is 2.76. The van der Waals surface area contributed by atoms with Crippen molar-refractivity contribution in [1.82, 2.24) is 5.32 Å². The first-order chi connectivity index (χ1) is 9.57. The minimum Gasteiger partial charge on any atom is -0.480 e. The van der Waals surface area contributed by atoms with Gasteiger partial charge >= 0.3 is 5.97 Å². The van der Waals surface area contributed by atoms with E-state index in [1.54, 1.807) is 6.92 Å². The van der Waals surface area contributed by atoms with Gasteiger partial charge in [0.15, 0.2) is 0 Å². The maximum Gasteiger partial charge on any atom is 0.325 e. The van der Waals surface area contributed by atoms with Gasteiger partial charge in [0.1, 0.15) is 5.54 Å². The number of hydrogen-bond acceptors (Lipinski definition) is 3. The number of hydrogen-bond donors (Lipinski definition) is 2. The molecule has 1 aliphatic rings. The Balaban J connectivity index is 2.18. The van der Waals surface area contributed by atoms with Crippen LogP contribution >= 0.6 is 0 Å². The zero-order valence-corrected chi connectivity index (χ0v) is 12.4. The minimum absolute atomic E-state index is 0.499. The third kappa shape index (κ3) is 3.12. The molecule has 0 saturated heterocycles. The molecule has 4 heteroatoms. The van der Waals surface area contributed by atoms with Crippen LogP contribution in [0.15, 0.2) is 24.3 Å². The van der Waals surface area contributed by atoms with Crippen LogP contribution in [-0.2, 0) is 11.2 Å². The number of anilines is 1. The summed E-state index contributed by atoms with van der Waals surface area (Å²) in [5.74, 6) is -0.783. The van der Waals surface area contributed by atoms with Crippen LogP contribution in [0.25, 0.3) is 0 Å². The number of nitrogens with one attached hydrogen (secondary N) is 1. The van der Waals surface area contributed by atoms with E-state index in [0.29, 0.717) is 6.54 Å². The zero-order chi connectivity index (χ0) is 14.6. The van der Waals surface area contributed by atoms with Crippen LogP contribution in [-0.4, -0.2) is 36.2 Å². The summed E-state index contributed by atoms with van der Waals surface area (Å²) in [7, 11) is 0. The van der Waals surface area contributed by atoms with E-state index in [2.05, 4.69) is 22.3 Å². The fraction of sp³-hybridized carbons (Fsp3) is 0.562. The number of aryl methyl sites for hydroxylation is 1. The molecular formula is C16H24N2O2. The average Bonchev–Trinajstić information content (AvgIpc) is 2.45. The summed E-state index contributed by atoms with van der Waals surface area (Å²) in [4.78, 5) is 13.8. The van der Waals surface area contributed by atoms with Crippen LogP contribution in [0.4, 0.5) is 5.69 Å². The second-order valence-electron chi connectivity index (χ2n) is 5.72. The first-order valence-corrected chi connectivity index (χ1v) is 7.38. The number of benzene rings is 1. The number of carbonyl (C=O) groups is 1. The highest BCUT2D eigenvalue weighted by Crippen LogP contribution is 2.28. The summed E-state index contributed by atoms with van der Waals surface area (Å²) in [6.45, 7) is 5.97. The van der Waals surface area contributed by atoms with Gasteiger partial charge in [0.25, 0.3) is 0 Å². The number of carboxylic acids is 1. The van der Waals surface area contributed by atoms with Crippen LogP contribution in [0.5, 0.6) is 0 Å². The molecular weight excluding hydrogens is 252 g/mol. The number of nitrogens with zero attached hydrogens (tertiary/aromatic N) is 1. The predicted molar refractivity (Wildman–Crippen MR) is 81.3 cm³/mol. The summed E-state index contributed by atoms with van der Waals surface area (Å²) in [6.07, 6.45) is 3.10. The topological polar surface area (TPSA) is 52.6 Å². The molecule has 0 aliphatic carbocycles. The fourth-order valence-electron chi connectivity index (χ4n) is 2.76. The van der Waals surface area contributed by atoms with Crippen molar-refractivity contribution < 1.29 is 9.90 Å². The van der Waals surface area contributed by atoms with Crippen LogP contribution < -0.4 is 10.2 Å². The molecule has 0 radical (unpaired) electrons. The molecule has 1 aromatic carbocycles. The summed E-state index contributed by atoms with van der Waals surface area (Å²) in [5, 5.41) is 12.7. The first-order valence-electron chi connectivity index (χ1n) is 7.38. The van der Waals surface area contributed by atoms with Gasteiger partial charge in [-0.2, -0.15) is 0 Å². The quantitative estimate of drug-likeness (QED) is 0.837. The van der Waals surface area contributed by atoms with E-state index in [0.717, 1.165) is 32.4 Å². The Morgan fingerprint density at radius 2 is 2.20 bits per heavy atom. The molecule has 0 fully saturated rings. The highest BCUT2D eigenvalue weighted by molar-refractivity contribution is 5.79. The van der Waals surface area contributed by atoms with Crippen molar-refractivity contribution >= 4 is 11.7 Å². The number of fused-ring (bicyclic) bond motifs is 1. The van der Waals surface area contributed by atoms with E-state index in [9.17, 15) is 9.90 Å². The van der Waals surface area contributed by atoms with Crippen LogP contribution in [0.3, 0.4) is 0 Å². The van der Waals surface area contributed by atoms with Gasteiger partial charge in [0, 0.05) is 18.8 Å². The number of para-hydroxylation sites is 1. The molecule has 0 saturated carbocycles. The highest BCUT2D eigenvalue weighted by atomic mass is 16.4. The smallest absolute Gasteiger partial charge is 0.325 e. The molecule has 0 amide bonds. The van der Waals surface area contributed by atoms with Gasteiger partial charge in [0.2, 0.25) is 0 Å². The third-order valence-electron chi connectivity index (χ3n) is 3.95. The molecule has 110 valence electrons. The van der Waals surface area contributed by atoms with E-state index >= 15 is 0 Å². The molecule has 20 heavy (non-hydrogen) atoms. The largest absolute Gasteiger partial charge is 0.480 e. The van der Waals surface area contributed by atoms with E-state index in [4.69, 9.17) is 0 Å². The monoisotopic (exact) mass is 276 g/mol. The molecule has 1 aliphatic heterocycles. The molecule has 1 atom stereocenters. The van der Waals surface area contributed by atoms with Crippen molar-refractivity contribution in [2.24, 2.45) is 0 Å². The van der Waals surface area contributed by atoms with Crippen molar-refractivity contribution in [3.05, 3.63) is 29.8 Å². The van der Waals surface area contributed by atoms with E-state index < -0.39 is 11.5 Å². The molecule has 1 heterocycles. The molecule has 0 bridgehead atoms. The Kier molecular flexibility index (Phi) is 4.65. The normalized spacial score (nSPS) is 17.4.